The third kappa shape index (κ3) is 8.70. The van der Waals surface area contributed by atoms with Crippen LogP contribution in [0.15, 0.2) is 24.4 Å². The molecule has 1 heterocycles. The molecule has 0 aromatic carbocycles. The van der Waals surface area contributed by atoms with Gasteiger partial charge in [0.25, 0.3) is 0 Å². The molecule has 0 aliphatic heterocycles. The van der Waals surface area contributed by atoms with Crippen LogP contribution in [-0.2, 0) is 11.3 Å². The highest BCUT2D eigenvalue weighted by molar-refractivity contribution is 5.02. The maximum atomic E-state index is 5.49. The summed E-state index contributed by atoms with van der Waals surface area (Å²) in [6.45, 7) is 8.93. The number of ether oxygens (including phenoxy) is 1. The third-order valence-electron chi connectivity index (χ3n) is 2.78. The van der Waals surface area contributed by atoms with Crippen molar-refractivity contribution in [2.75, 3.05) is 33.3 Å². The van der Waals surface area contributed by atoms with Crippen LogP contribution in [-0.4, -0.2) is 49.3 Å². The molecule has 4 heteroatoms. The molecule has 1 N–H and O–H groups in total. The minimum atomic E-state index is 0.338. The lowest BCUT2D eigenvalue weighted by Crippen LogP contribution is -2.30. The summed E-state index contributed by atoms with van der Waals surface area (Å²) >= 11 is 0. The van der Waals surface area contributed by atoms with Gasteiger partial charge in [-0.3, -0.25) is 9.88 Å². The zero-order valence-electron chi connectivity index (χ0n) is 12.4. The first-order valence-electron chi connectivity index (χ1n) is 7.09. The van der Waals surface area contributed by atoms with Gasteiger partial charge in [-0.15, -0.1) is 0 Å². The van der Waals surface area contributed by atoms with E-state index in [1.807, 2.05) is 18.3 Å². The summed E-state index contributed by atoms with van der Waals surface area (Å²) in [5, 5.41) is 3.43. The topological polar surface area (TPSA) is 37.4 Å². The molecule has 1 rings (SSSR count). The molecule has 0 amide bonds. The van der Waals surface area contributed by atoms with E-state index in [-0.39, 0.29) is 0 Å². The summed E-state index contributed by atoms with van der Waals surface area (Å²) in [6.07, 6.45) is 3.25. The summed E-state index contributed by atoms with van der Waals surface area (Å²) < 4.78 is 5.49. The van der Waals surface area contributed by atoms with Gasteiger partial charge in [0.15, 0.2) is 0 Å². The largest absolute Gasteiger partial charge is 0.379 e. The summed E-state index contributed by atoms with van der Waals surface area (Å²) in [4.78, 5) is 6.60. The number of nitrogens with one attached hydrogen (secondary N) is 1. The predicted octanol–water partition coefficient (Wildman–Crippen LogP) is 1.92. The molecule has 0 fully saturated rings. The van der Waals surface area contributed by atoms with E-state index in [1.165, 1.54) is 0 Å². The Morgan fingerprint density at radius 3 is 2.84 bits per heavy atom. The van der Waals surface area contributed by atoms with Crippen LogP contribution in [0.3, 0.4) is 0 Å². The molecule has 0 saturated heterocycles. The molecule has 4 nitrogen and oxygen atoms in total. The van der Waals surface area contributed by atoms with Crippen molar-refractivity contribution in [2.24, 2.45) is 0 Å². The van der Waals surface area contributed by atoms with Gasteiger partial charge in [-0.25, -0.2) is 0 Å². The fraction of sp³-hybridized carbons (Fsp3) is 0.667. The fourth-order valence-electron chi connectivity index (χ4n) is 1.76. The number of aromatic nitrogens is 1. The lowest BCUT2D eigenvalue weighted by Gasteiger charge is -2.16. The van der Waals surface area contributed by atoms with Gasteiger partial charge >= 0.3 is 0 Å². The Morgan fingerprint density at radius 1 is 1.32 bits per heavy atom. The van der Waals surface area contributed by atoms with Gasteiger partial charge in [0.05, 0.1) is 11.8 Å². The van der Waals surface area contributed by atoms with Crippen molar-refractivity contribution in [1.82, 2.24) is 15.2 Å². The highest BCUT2D eigenvalue weighted by Crippen LogP contribution is 1.97. The van der Waals surface area contributed by atoms with Crippen molar-refractivity contribution in [1.29, 1.82) is 0 Å². The Morgan fingerprint density at radius 2 is 2.16 bits per heavy atom. The summed E-state index contributed by atoms with van der Waals surface area (Å²) in [7, 11) is 2.12. The molecule has 0 radical (unpaired) electrons. The quantitative estimate of drug-likeness (QED) is 0.656. The van der Waals surface area contributed by atoms with Crippen LogP contribution in [0.25, 0.3) is 0 Å². The Balaban J connectivity index is 1.97. The minimum Gasteiger partial charge on any atom is -0.379 e. The molecular formula is C15H27N3O. The van der Waals surface area contributed by atoms with Gasteiger partial charge in [-0.2, -0.15) is 0 Å². The molecule has 0 bridgehead atoms. The highest BCUT2D eigenvalue weighted by Gasteiger charge is 2.00. The molecule has 19 heavy (non-hydrogen) atoms. The molecular weight excluding hydrogens is 238 g/mol. The van der Waals surface area contributed by atoms with Crippen LogP contribution in [0.1, 0.15) is 26.0 Å². The zero-order valence-corrected chi connectivity index (χ0v) is 12.4. The maximum absolute atomic E-state index is 5.49. The zero-order chi connectivity index (χ0) is 13.9. The van der Waals surface area contributed by atoms with Gasteiger partial charge in [0, 0.05) is 32.4 Å². The normalized spacial score (nSPS) is 11.4. The number of hydrogen-bond donors (Lipinski definition) is 1. The van der Waals surface area contributed by atoms with E-state index in [0.717, 1.165) is 44.9 Å². The van der Waals surface area contributed by atoms with Crippen LogP contribution in [0, 0.1) is 0 Å². The predicted molar refractivity (Wildman–Crippen MR) is 79.1 cm³/mol. The Hall–Kier alpha value is -0.970. The van der Waals surface area contributed by atoms with E-state index >= 15 is 0 Å². The van der Waals surface area contributed by atoms with E-state index < -0.39 is 0 Å². The van der Waals surface area contributed by atoms with Crippen molar-refractivity contribution in [3.8, 4) is 0 Å². The number of hydrogen-bond acceptors (Lipinski definition) is 4. The summed E-state index contributed by atoms with van der Waals surface area (Å²) in [5.41, 5.74) is 1.12. The number of likely N-dealkylation sites (N-methyl/N-ethyl adjacent to an activating group) is 1. The van der Waals surface area contributed by atoms with Crippen LogP contribution in [0.5, 0.6) is 0 Å². The van der Waals surface area contributed by atoms with Crippen LogP contribution < -0.4 is 5.32 Å². The van der Waals surface area contributed by atoms with Crippen molar-refractivity contribution in [3.63, 3.8) is 0 Å². The van der Waals surface area contributed by atoms with Gasteiger partial charge < -0.3 is 10.1 Å². The molecule has 0 spiro atoms. The minimum absolute atomic E-state index is 0.338. The third-order valence-corrected chi connectivity index (χ3v) is 2.78. The summed E-state index contributed by atoms with van der Waals surface area (Å²) in [6, 6.07) is 6.04. The van der Waals surface area contributed by atoms with Crippen molar-refractivity contribution < 1.29 is 4.74 Å². The monoisotopic (exact) mass is 265 g/mol. The first-order valence-corrected chi connectivity index (χ1v) is 7.09. The second-order valence-electron chi connectivity index (χ2n) is 5.08. The Bertz CT molecular complexity index is 316. The van der Waals surface area contributed by atoms with Crippen LogP contribution >= 0.6 is 0 Å². The number of rotatable bonds is 10. The van der Waals surface area contributed by atoms with Gasteiger partial charge in [0.2, 0.25) is 0 Å². The first kappa shape index (κ1) is 16.1. The van der Waals surface area contributed by atoms with E-state index in [4.69, 9.17) is 4.74 Å². The molecule has 0 unspecified atom stereocenters. The second kappa shape index (κ2) is 9.89. The lowest BCUT2D eigenvalue weighted by molar-refractivity contribution is 0.0770. The number of nitrogens with zero attached hydrogens (tertiary/aromatic N) is 2. The lowest BCUT2D eigenvalue weighted by atomic mass is 10.3. The van der Waals surface area contributed by atoms with Gasteiger partial charge in [-0.1, -0.05) is 6.07 Å². The van der Waals surface area contributed by atoms with Gasteiger partial charge in [-0.05, 0) is 46.0 Å². The maximum Gasteiger partial charge on any atom is 0.0543 e. The van der Waals surface area contributed by atoms with E-state index in [1.54, 1.807) is 0 Å². The average Bonchev–Trinajstić information content (AvgIpc) is 2.38. The fourth-order valence-corrected chi connectivity index (χ4v) is 1.76. The molecule has 0 aliphatic rings. The molecule has 0 atom stereocenters. The number of pyridine rings is 1. The second-order valence-corrected chi connectivity index (χ2v) is 5.08. The average molecular weight is 265 g/mol. The van der Waals surface area contributed by atoms with Crippen molar-refractivity contribution >= 4 is 0 Å². The van der Waals surface area contributed by atoms with Crippen LogP contribution in [0.2, 0.25) is 0 Å². The van der Waals surface area contributed by atoms with E-state index in [2.05, 4.69) is 42.2 Å². The Kier molecular flexibility index (Phi) is 8.38. The van der Waals surface area contributed by atoms with E-state index in [9.17, 15) is 0 Å². The highest BCUT2D eigenvalue weighted by atomic mass is 16.5. The van der Waals surface area contributed by atoms with E-state index in [0.29, 0.717) is 6.10 Å². The molecule has 0 aliphatic carbocycles. The smallest absolute Gasteiger partial charge is 0.0543 e. The first-order chi connectivity index (χ1) is 9.18. The molecule has 0 saturated carbocycles. The van der Waals surface area contributed by atoms with Crippen molar-refractivity contribution in [3.05, 3.63) is 30.1 Å². The van der Waals surface area contributed by atoms with Crippen LogP contribution in [0.4, 0.5) is 0 Å². The van der Waals surface area contributed by atoms with Gasteiger partial charge in [0.1, 0.15) is 0 Å². The van der Waals surface area contributed by atoms with Crippen molar-refractivity contribution in [2.45, 2.75) is 32.9 Å². The molecule has 1 aromatic heterocycles. The SMILES string of the molecule is CC(C)OCCCNCCN(C)Cc1ccccn1. The summed E-state index contributed by atoms with van der Waals surface area (Å²) in [5.74, 6) is 0. The Labute approximate surface area is 117 Å². The molecule has 1 aromatic rings. The standard InChI is InChI=1S/C15H27N3O/c1-14(2)19-12-6-8-16-10-11-18(3)13-15-7-4-5-9-17-15/h4-5,7,9,14,16H,6,8,10-13H2,1-3H3. The molecule has 108 valence electrons.